The van der Waals surface area contributed by atoms with Crippen molar-refractivity contribution < 1.29 is 14.3 Å². The van der Waals surface area contributed by atoms with Crippen molar-refractivity contribution in [2.45, 2.75) is 19.3 Å². The van der Waals surface area contributed by atoms with Gasteiger partial charge in [0.15, 0.2) is 0 Å². The average molecular weight is 351 g/mol. The van der Waals surface area contributed by atoms with E-state index in [9.17, 15) is 9.59 Å². The molecule has 7 heteroatoms. The van der Waals surface area contributed by atoms with Crippen molar-refractivity contribution in [3.8, 4) is 0 Å². The third kappa shape index (κ3) is 2.96. The Morgan fingerprint density at radius 1 is 1.43 bits per heavy atom. The van der Waals surface area contributed by atoms with E-state index in [4.69, 9.17) is 28.6 Å². The summed E-state index contributed by atoms with van der Waals surface area (Å²) in [5.41, 5.74) is 2.44. The molecule has 2 aliphatic heterocycles. The van der Waals surface area contributed by atoms with Crippen LogP contribution in [0.25, 0.3) is 0 Å². The molecule has 120 valence electrons. The zero-order valence-electron chi connectivity index (χ0n) is 12.5. The maximum absolute atomic E-state index is 12.0. The van der Waals surface area contributed by atoms with Gasteiger partial charge in [0.2, 0.25) is 5.91 Å². The smallest absolute Gasteiger partial charge is 0.415 e. The van der Waals surface area contributed by atoms with Crippen LogP contribution in [0.5, 0.6) is 0 Å². The molecule has 0 aromatic heterocycles. The largest absolute Gasteiger partial charge is 0.449 e. The molecular weight excluding hydrogens is 336 g/mol. The van der Waals surface area contributed by atoms with Crippen LogP contribution in [0.3, 0.4) is 0 Å². The van der Waals surface area contributed by atoms with Gasteiger partial charge >= 0.3 is 6.09 Å². The standard InChI is InChI=1S/C16H15ClN2O3S/c1-2-22-16(21)19-8-12-14(15(19)23)11(7-13(20)18-12)9-3-5-10(17)6-4-9/h3-6,11H,2,7-8H2,1H3,(H,18,20). The summed E-state index contributed by atoms with van der Waals surface area (Å²) in [6.45, 7) is 2.25. The number of carbonyl (C=O) groups excluding carboxylic acids is 2. The molecule has 2 aliphatic rings. The molecule has 2 heterocycles. The summed E-state index contributed by atoms with van der Waals surface area (Å²) in [7, 11) is 0. The molecule has 0 aliphatic carbocycles. The van der Waals surface area contributed by atoms with Gasteiger partial charge in [0, 0.05) is 28.6 Å². The van der Waals surface area contributed by atoms with E-state index < -0.39 is 6.09 Å². The fourth-order valence-electron chi connectivity index (χ4n) is 2.89. The first-order chi connectivity index (χ1) is 11.0. The summed E-state index contributed by atoms with van der Waals surface area (Å²) in [6, 6.07) is 7.33. The minimum Gasteiger partial charge on any atom is -0.449 e. The molecule has 0 fully saturated rings. The average Bonchev–Trinajstić information content (AvgIpc) is 2.84. The number of rotatable bonds is 2. The third-order valence-corrected chi connectivity index (χ3v) is 4.60. The molecule has 1 atom stereocenters. The van der Waals surface area contributed by atoms with Gasteiger partial charge in [0.05, 0.1) is 13.2 Å². The van der Waals surface area contributed by atoms with E-state index in [1.165, 1.54) is 4.90 Å². The molecule has 0 radical (unpaired) electrons. The summed E-state index contributed by atoms with van der Waals surface area (Å²) >= 11 is 11.4. The molecular formula is C16H15ClN2O3S. The predicted molar refractivity (Wildman–Crippen MR) is 90.3 cm³/mol. The highest BCUT2D eigenvalue weighted by molar-refractivity contribution is 7.80. The van der Waals surface area contributed by atoms with Crippen LogP contribution in [0, 0.1) is 0 Å². The van der Waals surface area contributed by atoms with Gasteiger partial charge in [-0.3, -0.25) is 9.69 Å². The van der Waals surface area contributed by atoms with Gasteiger partial charge in [-0.05, 0) is 24.6 Å². The summed E-state index contributed by atoms with van der Waals surface area (Å²) in [5.74, 6) is -0.264. The molecule has 0 spiro atoms. The van der Waals surface area contributed by atoms with Crippen molar-refractivity contribution in [3.63, 3.8) is 0 Å². The summed E-state index contributed by atoms with van der Waals surface area (Å²) < 4.78 is 5.03. The van der Waals surface area contributed by atoms with Gasteiger partial charge in [0.1, 0.15) is 4.99 Å². The second-order valence-electron chi connectivity index (χ2n) is 5.34. The SMILES string of the molecule is CCOC(=O)N1CC2=C(C1=S)C(c1ccc(Cl)cc1)CC(=O)N2. The Bertz CT molecular complexity index is 715. The quantitative estimate of drug-likeness (QED) is 0.833. The van der Waals surface area contributed by atoms with Crippen molar-refractivity contribution in [1.82, 2.24) is 10.2 Å². The number of hydrogen-bond donors (Lipinski definition) is 1. The van der Waals surface area contributed by atoms with Gasteiger partial charge in [-0.15, -0.1) is 0 Å². The van der Waals surface area contributed by atoms with Crippen molar-refractivity contribution in [2.75, 3.05) is 13.2 Å². The number of nitrogens with zero attached hydrogens (tertiary/aromatic N) is 1. The molecule has 1 aromatic carbocycles. The maximum atomic E-state index is 12.0. The van der Waals surface area contributed by atoms with Crippen LogP contribution in [-0.2, 0) is 9.53 Å². The van der Waals surface area contributed by atoms with Gasteiger partial charge in [0.25, 0.3) is 0 Å². The zero-order valence-corrected chi connectivity index (χ0v) is 14.0. The lowest BCUT2D eigenvalue weighted by Crippen LogP contribution is -2.34. The minimum absolute atomic E-state index is 0.0859. The highest BCUT2D eigenvalue weighted by Gasteiger charge is 2.40. The topological polar surface area (TPSA) is 58.6 Å². The van der Waals surface area contributed by atoms with Gasteiger partial charge in [-0.25, -0.2) is 4.79 Å². The number of thiocarbonyl (C=S) groups is 1. The lowest BCUT2D eigenvalue weighted by atomic mass is 9.85. The van der Waals surface area contributed by atoms with Crippen molar-refractivity contribution in [1.29, 1.82) is 0 Å². The van der Waals surface area contributed by atoms with Crippen LogP contribution in [0.1, 0.15) is 24.8 Å². The summed E-state index contributed by atoms with van der Waals surface area (Å²) in [5, 5.41) is 3.45. The highest BCUT2D eigenvalue weighted by Crippen LogP contribution is 2.38. The first-order valence-electron chi connectivity index (χ1n) is 7.28. The molecule has 0 saturated carbocycles. The molecule has 5 nitrogen and oxygen atoms in total. The second kappa shape index (κ2) is 6.29. The van der Waals surface area contributed by atoms with E-state index in [-0.39, 0.29) is 31.4 Å². The number of ether oxygens (including phenoxy) is 1. The van der Waals surface area contributed by atoms with Gasteiger partial charge in [-0.1, -0.05) is 36.0 Å². The lowest BCUT2D eigenvalue weighted by molar-refractivity contribution is -0.121. The number of nitrogens with one attached hydrogen (secondary N) is 1. The Morgan fingerprint density at radius 3 is 2.78 bits per heavy atom. The maximum Gasteiger partial charge on any atom is 0.415 e. The normalized spacial score (nSPS) is 20.4. The third-order valence-electron chi connectivity index (χ3n) is 3.91. The van der Waals surface area contributed by atoms with E-state index in [0.29, 0.717) is 15.7 Å². The highest BCUT2D eigenvalue weighted by atomic mass is 35.5. The molecule has 1 aromatic rings. The zero-order chi connectivity index (χ0) is 16.6. The molecule has 1 unspecified atom stereocenters. The van der Waals surface area contributed by atoms with E-state index in [1.54, 1.807) is 19.1 Å². The fraction of sp³-hybridized carbons (Fsp3) is 0.312. The monoisotopic (exact) mass is 350 g/mol. The van der Waals surface area contributed by atoms with E-state index in [1.807, 2.05) is 12.1 Å². The molecule has 3 rings (SSSR count). The molecule has 1 N–H and O–H groups in total. The van der Waals surface area contributed by atoms with Crippen LogP contribution in [0.15, 0.2) is 35.5 Å². The van der Waals surface area contributed by atoms with Gasteiger partial charge in [-0.2, -0.15) is 0 Å². The van der Waals surface area contributed by atoms with Crippen LogP contribution >= 0.6 is 23.8 Å². The van der Waals surface area contributed by atoms with Crippen molar-refractivity contribution in [2.24, 2.45) is 0 Å². The van der Waals surface area contributed by atoms with Crippen LogP contribution in [0.2, 0.25) is 5.02 Å². The number of benzene rings is 1. The second-order valence-corrected chi connectivity index (χ2v) is 6.16. The summed E-state index contributed by atoms with van der Waals surface area (Å²) in [6.07, 6.45) is -0.201. The fourth-order valence-corrected chi connectivity index (χ4v) is 3.42. The first-order valence-corrected chi connectivity index (χ1v) is 8.06. The van der Waals surface area contributed by atoms with Crippen LogP contribution in [-0.4, -0.2) is 35.0 Å². The van der Waals surface area contributed by atoms with Crippen molar-refractivity contribution >= 4 is 40.8 Å². The Balaban J connectivity index is 1.94. The molecule has 0 saturated heterocycles. The van der Waals surface area contributed by atoms with Gasteiger partial charge < -0.3 is 10.1 Å². The van der Waals surface area contributed by atoms with Crippen molar-refractivity contribution in [3.05, 3.63) is 46.1 Å². The van der Waals surface area contributed by atoms with E-state index in [0.717, 1.165) is 11.1 Å². The molecule has 2 amide bonds. The first kappa shape index (κ1) is 16.0. The number of carbonyl (C=O) groups is 2. The number of hydrogen-bond acceptors (Lipinski definition) is 4. The minimum atomic E-state index is -0.490. The van der Waals surface area contributed by atoms with E-state index in [2.05, 4.69) is 5.32 Å². The molecule has 0 bridgehead atoms. The Labute approximate surface area is 144 Å². The number of amides is 2. The Morgan fingerprint density at radius 2 is 2.13 bits per heavy atom. The predicted octanol–water partition coefficient (Wildman–Crippen LogP) is 3.00. The Hall–Kier alpha value is -1.92. The lowest BCUT2D eigenvalue weighted by Gasteiger charge is -2.24. The van der Waals surface area contributed by atoms with Crippen LogP contribution in [0.4, 0.5) is 4.79 Å². The Kier molecular flexibility index (Phi) is 4.37. The molecule has 23 heavy (non-hydrogen) atoms. The summed E-state index contributed by atoms with van der Waals surface area (Å²) in [4.78, 5) is 25.8. The van der Waals surface area contributed by atoms with Crippen LogP contribution < -0.4 is 5.32 Å². The number of halogens is 1. The van der Waals surface area contributed by atoms with E-state index >= 15 is 0 Å².